The fraction of sp³-hybridized carbons (Fsp3) is 0.394. The summed E-state index contributed by atoms with van der Waals surface area (Å²) in [6.07, 6.45) is 0.0153. The number of thiophene rings is 2. The zero-order valence-electron chi connectivity index (χ0n) is 31.3. The molecule has 0 saturated carbocycles. The van der Waals surface area contributed by atoms with E-state index in [0.717, 1.165) is 11.3 Å². The van der Waals surface area contributed by atoms with Gasteiger partial charge in [-0.25, -0.2) is 8.78 Å². The topological polar surface area (TPSA) is 203 Å². The van der Waals surface area contributed by atoms with Crippen LogP contribution in [-0.2, 0) is 42.9 Å². The Morgan fingerprint density at radius 1 is 0.661 bits per heavy atom. The molecule has 2 aromatic heterocycles. The highest BCUT2D eigenvalue weighted by Gasteiger charge is 2.57. The molecule has 4 aromatic rings. The van der Waals surface area contributed by atoms with Crippen molar-refractivity contribution in [1.82, 2.24) is 0 Å². The molecule has 0 aliphatic heterocycles. The summed E-state index contributed by atoms with van der Waals surface area (Å²) in [4.78, 5) is 47.9. The van der Waals surface area contributed by atoms with Crippen molar-refractivity contribution in [1.29, 1.82) is 0 Å². The molecule has 14 nitrogen and oxygen atoms in total. The van der Waals surface area contributed by atoms with E-state index in [1.165, 1.54) is 58.0 Å². The van der Waals surface area contributed by atoms with E-state index in [-0.39, 0.29) is 41.4 Å². The van der Waals surface area contributed by atoms with Gasteiger partial charge in [-0.3, -0.25) is 19.2 Å². The summed E-state index contributed by atoms with van der Waals surface area (Å²) in [6.45, 7) is 4.85. The van der Waals surface area contributed by atoms with E-state index >= 15 is 0 Å². The zero-order chi connectivity index (χ0) is 45.6. The van der Waals surface area contributed by atoms with Crippen LogP contribution in [0.1, 0.15) is 51.6 Å². The van der Waals surface area contributed by atoms with Gasteiger partial charge in [-0.1, -0.05) is 13.8 Å². The Bertz CT molecular complexity index is 2270. The summed E-state index contributed by atoms with van der Waals surface area (Å²) >= 11 is 2.28. The fourth-order valence-corrected chi connectivity index (χ4v) is 8.12. The van der Waals surface area contributed by atoms with Crippen LogP contribution in [0.2, 0.25) is 0 Å². The van der Waals surface area contributed by atoms with E-state index in [2.05, 4.69) is 9.47 Å². The Morgan fingerprint density at radius 3 is 1.36 bits per heavy atom. The van der Waals surface area contributed by atoms with Gasteiger partial charge in [0.2, 0.25) is 0 Å². The summed E-state index contributed by atoms with van der Waals surface area (Å²) in [6, 6.07) is 6.10. The van der Waals surface area contributed by atoms with E-state index in [1.807, 2.05) is 3.63 Å². The van der Waals surface area contributed by atoms with Crippen molar-refractivity contribution in [2.75, 3.05) is 28.4 Å². The molecule has 0 aliphatic rings. The number of fused-ring (bicyclic) bond motifs is 2. The lowest BCUT2D eigenvalue weighted by Gasteiger charge is -2.09. The maximum atomic E-state index is 14.3. The first-order valence-corrected chi connectivity index (χ1v) is 20.2. The molecule has 26 heteroatoms. The molecule has 0 bridgehead atoms. The Labute approximate surface area is 337 Å². The average Bonchev–Trinajstić information content (AvgIpc) is 3.78. The molecule has 0 fully saturated rings. The highest BCUT2D eigenvalue weighted by atomic mass is 32.3. The number of hydrogen-bond donors (Lipinski definition) is 1. The molecule has 0 spiro atoms. The van der Waals surface area contributed by atoms with Crippen LogP contribution < -0.4 is 9.47 Å². The molecule has 0 saturated heterocycles. The van der Waals surface area contributed by atoms with Gasteiger partial charge in [0.05, 0.1) is 50.0 Å². The van der Waals surface area contributed by atoms with Crippen molar-refractivity contribution in [2.24, 2.45) is 11.8 Å². The predicted molar refractivity (Wildman–Crippen MR) is 194 cm³/mol. The molecule has 0 radical (unpaired) electrons. The highest BCUT2D eigenvalue weighted by Crippen LogP contribution is 2.40. The SMILES string of the molecule is COC(=O)[C@@H](C)CC(=O)c1cc2c(F)c(C)c(OC)cc2s1.COC(=O)[C@@H](C)CC(=O)c1cc2c(F)c(O)c(OC)cc2s1.O=S(=O)(OS(=O)(=O)C(F)(F)F)C(F)(F)F. The highest BCUT2D eigenvalue weighted by molar-refractivity contribution is 8.00. The molecule has 2 aromatic carbocycles. The molecule has 0 unspecified atom stereocenters. The van der Waals surface area contributed by atoms with Gasteiger partial charge in [0.1, 0.15) is 11.6 Å². The monoisotopic (exact) mass is 932 g/mol. The third-order valence-corrected chi connectivity index (χ3v) is 12.4. The summed E-state index contributed by atoms with van der Waals surface area (Å²) in [5.74, 6) is -3.82. The average molecular weight is 933 g/mol. The number of phenolic OH excluding ortho intramolecular Hbond substituents is 1. The van der Waals surface area contributed by atoms with E-state index in [0.29, 0.717) is 35.9 Å². The van der Waals surface area contributed by atoms with Gasteiger partial charge in [-0.2, -0.15) is 43.2 Å². The second-order valence-electron chi connectivity index (χ2n) is 11.8. The smallest absolute Gasteiger partial charge is 0.502 e. The lowest BCUT2D eigenvalue weighted by molar-refractivity contribution is -0.145. The first-order chi connectivity index (χ1) is 27.0. The van der Waals surface area contributed by atoms with Crippen molar-refractivity contribution in [3.63, 3.8) is 0 Å². The zero-order valence-corrected chi connectivity index (χ0v) is 34.6. The van der Waals surface area contributed by atoms with Gasteiger partial charge >= 0.3 is 43.2 Å². The number of carbonyl (C=O) groups is 4. The predicted octanol–water partition coefficient (Wildman–Crippen LogP) is 7.58. The van der Waals surface area contributed by atoms with Gasteiger partial charge in [-0.05, 0) is 25.1 Å². The van der Waals surface area contributed by atoms with Crippen LogP contribution in [0.5, 0.6) is 17.2 Å². The van der Waals surface area contributed by atoms with Crippen LogP contribution in [0, 0.1) is 30.4 Å². The number of Topliss-reactive ketones (excluding diaryl/α,β-unsaturated/α-hetero) is 2. The molecule has 0 amide bonds. The standard InChI is InChI=1S/C16H17FO4S.C15H15FO5S.C2F6O5S2/c1-8(16(19)21-4)5-11(18)14-6-10-13(22-14)7-12(20-3)9(2)15(10)17;1-7(15(19)21-3)4-9(17)12-5-8-11(22-12)6-10(20-2)14(18)13(8)16;3-1(4,5)14(9,10)13-15(11,12)2(6,7)8/h6-8H,5H2,1-4H3;5-7,18H,4H2,1-3H3;/t8-;7-;/m00./s1. The Balaban J connectivity index is 0.000000312. The number of alkyl halides is 6. The summed E-state index contributed by atoms with van der Waals surface area (Å²) in [7, 11) is -8.36. The van der Waals surface area contributed by atoms with Crippen molar-refractivity contribution < 1.29 is 98.8 Å². The van der Waals surface area contributed by atoms with E-state index in [9.17, 15) is 76.2 Å². The molecule has 2 heterocycles. The van der Waals surface area contributed by atoms with Gasteiger partial charge in [0.15, 0.2) is 28.9 Å². The summed E-state index contributed by atoms with van der Waals surface area (Å²) < 4.78 is 159. The third kappa shape index (κ3) is 12.2. The Hall–Kier alpha value is -4.66. The maximum absolute atomic E-state index is 14.3. The number of methoxy groups -OCH3 is 4. The van der Waals surface area contributed by atoms with Crippen molar-refractivity contribution in [3.05, 3.63) is 51.2 Å². The minimum atomic E-state index is -6.85. The minimum absolute atomic E-state index is 0.00813. The molecule has 1 N–H and O–H groups in total. The lowest BCUT2D eigenvalue weighted by Crippen LogP contribution is -2.34. The van der Waals surface area contributed by atoms with Gasteiger partial charge in [0, 0.05) is 44.6 Å². The van der Waals surface area contributed by atoms with E-state index in [4.69, 9.17) is 9.47 Å². The minimum Gasteiger partial charge on any atom is -0.502 e. The quantitative estimate of drug-likeness (QED) is 0.0630. The van der Waals surface area contributed by atoms with Crippen LogP contribution in [0.3, 0.4) is 0 Å². The number of ether oxygens (including phenoxy) is 4. The maximum Gasteiger partial charge on any atom is 0.524 e. The number of halogens is 8. The number of ketones is 2. The number of hydrogen-bond acceptors (Lipinski definition) is 16. The van der Waals surface area contributed by atoms with Crippen LogP contribution >= 0.6 is 22.7 Å². The first kappa shape index (κ1) is 50.5. The first-order valence-electron chi connectivity index (χ1n) is 15.8. The summed E-state index contributed by atoms with van der Waals surface area (Å²) in [5.41, 5.74) is -12.1. The van der Waals surface area contributed by atoms with Crippen molar-refractivity contribution in [3.8, 4) is 17.2 Å². The largest absolute Gasteiger partial charge is 0.524 e. The Morgan fingerprint density at radius 2 is 1.02 bits per heavy atom. The van der Waals surface area contributed by atoms with E-state index in [1.54, 1.807) is 26.8 Å². The lowest BCUT2D eigenvalue weighted by atomic mass is 10.0. The molecular weight excluding hydrogens is 901 g/mol. The number of phenols is 1. The normalized spacial score (nSPS) is 13.0. The van der Waals surface area contributed by atoms with Gasteiger partial charge in [-0.15, -0.1) is 26.3 Å². The molecule has 59 heavy (non-hydrogen) atoms. The molecule has 0 aliphatic carbocycles. The van der Waals surface area contributed by atoms with Crippen LogP contribution in [0.25, 0.3) is 20.2 Å². The van der Waals surface area contributed by atoms with Crippen LogP contribution in [0.15, 0.2) is 24.3 Å². The van der Waals surface area contributed by atoms with Gasteiger partial charge < -0.3 is 24.1 Å². The van der Waals surface area contributed by atoms with Gasteiger partial charge in [0.25, 0.3) is 0 Å². The molecular formula is C33H32F8O14S4. The van der Waals surface area contributed by atoms with Crippen LogP contribution in [0.4, 0.5) is 35.1 Å². The molecule has 328 valence electrons. The van der Waals surface area contributed by atoms with Crippen molar-refractivity contribution >= 4 is 86.6 Å². The third-order valence-electron chi connectivity index (χ3n) is 7.58. The second kappa shape index (κ2) is 19.6. The Kier molecular flexibility index (Phi) is 16.8. The fourth-order valence-electron chi connectivity index (χ4n) is 4.49. The number of esters is 2. The molecule has 4 rings (SSSR count). The number of benzene rings is 2. The van der Waals surface area contributed by atoms with E-state index < -0.39 is 66.6 Å². The number of rotatable bonds is 12. The molecule has 2 atom stereocenters. The number of aromatic hydroxyl groups is 1. The summed E-state index contributed by atoms with van der Waals surface area (Å²) in [5, 5.41) is 10.2. The number of carbonyl (C=O) groups excluding carboxylic acids is 4. The van der Waals surface area contributed by atoms with Crippen LogP contribution in [-0.4, -0.2) is 84.9 Å². The van der Waals surface area contributed by atoms with Crippen molar-refractivity contribution in [2.45, 2.75) is 44.6 Å². The second-order valence-corrected chi connectivity index (χ2v) is 17.2.